The Morgan fingerprint density at radius 1 is 1.21 bits per heavy atom. The predicted molar refractivity (Wildman–Crippen MR) is 77.0 cm³/mol. The lowest BCUT2D eigenvalue weighted by Gasteiger charge is -2.12. The van der Waals surface area contributed by atoms with Gasteiger partial charge in [-0.05, 0) is 24.3 Å². The topological polar surface area (TPSA) is 66.5 Å². The summed E-state index contributed by atoms with van der Waals surface area (Å²) in [6, 6.07) is 7.06. The second-order valence-electron chi connectivity index (χ2n) is 4.38. The van der Waals surface area contributed by atoms with E-state index in [1.807, 2.05) is 6.92 Å². The van der Waals surface area contributed by atoms with E-state index in [2.05, 4.69) is 5.32 Å². The highest BCUT2D eigenvalue weighted by Gasteiger charge is 2.12. The second-order valence-corrected chi connectivity index (χ2v) is 6.68. The van der Waals surface area contributed by atoms with E-state index in [1.165, 1.54) is 18.4 Å². The van der Waals surface area contributed by atoms with Crippen LogP contribution in [0.4, 0.5) is 5.69 Å². The molecule has 0 fully saturated rings. The molecule has 0 radical (unpaired) electrons. The minimum Gasteiger partial charge on any atom is -0.384 e. The van der Waals surface area contributed by atoms with Crippen molar-refractivity contribution in [3.63, 3.8) is 0 Å². The largest absolute Gasteiger partial charge is 0.384 e. The molecule has 0 saturated heterocycles. The van der Waals surface area contributed by atoms with Crippen LogP contribution in [0.1, 0.15) is 23.7 Å². The highest BCUT2D eigenvalue weighted by atomic mass is 32.2. The number of carbonyl (C=O) groups excluding carboxylic acids is 1. The maximum absolute atomic E-state index is 11.5. The summed E-state index contributed by atoms with van der Waals surface area (Å²) < 4.78 is 24.3. The first-order valence-electron chi connectivity index (χ1n) is 6.14. The van der Waals surface area contributed by atoms with Gasteiger partial charge in [0.15, 0.2) is 5.78 Å². The Hall–Kier alpha value is -1.40. The van der Waals surface area contributed by atoms with E-state index in [4.69, 9.17) is 0 Å². The fourth-order valence-corrected chi connectivity index (χ4v) is 2.21. The van der Waals surface area contributed by atoms with E-state index in [0.717, 1.165) is 5.69 Å². The average Bonchev–Trinajstić information content (AvgIpc) is 2.38. The van der Waals surface area contributed by atoms with Crippen LogP contribution >= 0.6 is 0 Å². The van der Waals surface area contributed by atoms with Gasteiger partial charge in [0.2, 0.25) is 10.0 Å². The van der Waals surface area contributed by atoms with Crippen molar-refractivity contribution in [2.75, 3.05) is 31.7 Å². The first-order chi connectivity index (χ1) is 8.86. The van der Waals surface area contributed by atoms with Gasteiger partial charge in [-0.2, -0.15) is 0 Å². The van der Waals surface area contributed by atoms with Gasteiger partial charge in [-0.15, -0.1) is 0 Å². The molecule has 0 spiro atoms. The molecule has 1 aromatic carbocycles. The molecule has 1 N–H and O–H groups in total. The Morgan fingerprint density at radius 3 is 2.26 bits per heavy atom. The van der Waals surface area contributed by atoms with E-state index in [1.54, 1.807) is 24.3 Å². The zero-order chi connectivity index (χ0) is 14.5. The number of anilines is 1. The quantitative estimate of drug-likeness (QED) is 0.772. The molecule has 0 atom stereocenters. The first-order valence-corrected chi connectivity index (χ1v) is 7.75. The summed E-state index contributed by atoms with van der Waals surface area (Å²) >= 11 is 0. The number of rotatable bonds is 7. The lowest BCUT2D eigenvalue weighted by Crippen LogP contribution is -2.28. The molecule has 0 unspecified atom stereocenters. The lowest BCUT2D eigenvalue weighted by molar-refractivity contribution is 0.0988. The van der Waals surface area contributed by atoms with Crippen molar-refractivity contribution in [1.29, 1.82) is 0 Å². The number of nitrogens with zero attached hydrogens (tertiary/aromatic N) is 1. The second kappa shape index (κ2) is 6.68. The highest BCUT2D eigenvalue weighted by molar-refractivity contribution is 7.89. The van der Waals surface area contributed by atoms with E-state index < -0.39 is 10.0 Å². The van der Waals surface area contributed by atoms with Crippen molar-refractivity contribution in [2.24, 2.45) is 0 Å². The Balaban J connectivity index is 2.54. The van der Waals surface area contributed by atoms with Crippen LogP contribution < -0.4 is 5.32 Å². The van der Waals surface area contributed by atoms with Crippen LogP contribution in [-0.2, 0) is 10.0 Å². The smallest absolute Gasteiger partial charge is 0.215 e. The zero-order valence-corrected chi connectivity index (χ0v) is 12.3. The zero-order valence-electron chi connectivity index (χ0n) is 11.5. The minimum absolute atomic E-state index is 0.0373. The van der Waals surface area contributed by atoms with Crippen LogP contribution in [0.2, 0.25) is 0 Å². The molecule has 1 aromatic rings. The van der Waals surface area contributed by atoms with Gasteiger partial charge >= 0.3 is 0 Å². The van der Waals surface area contributed by atoms with Crippen LogP contribution in [0.3, 0.4) is 0 Å². The summed E-state index contributed by atoms with van der Waals surface area (Å²) in [5, 5.41) is 3.02. The number of nitrogens with one attached hydrogen (secondary N) is 1. The molecule has 19 heavy (non-hydrogen) atoms. The normalized spacial score (nSPS) is 11.6. The Labute approximate surface area is 114 Å². The van der Waals surface area contributed by atoms with Gasteiger partial charge in [-0.25, -0.2) is 12.7 Å². The summed E-state index contributed by atoms with van der Waals surface area (Å²) in [5.41, 5.74) is 1.48. The summed E-state index contributed by atoms with van der Waals surface area (Å²) in [7, 11) is -0.148. The van der Waals surface area contributed by atoms with E-state index in [-0.39, 0.29) is 11.5 Å². The van der Waals surface area contributed by atoms with Crippen LogP contribution in [-0.4, -0.2) is 44.9 Å². The molecule has 0 aliphatic rings. The maximum Gasteiger partial charge on any atom is 0.215 e. The van der Waals surface area contributed by atoms with Gasteiger partial charge in [0, 0.05) is 38.3 Å². The van der Waals surface area contributed by atoms with E-state index in [9.17, 15) is 13.2 Å². The number of hydrogen-bond donors (Lipinski definition) is 1. The molecule has 6 heteroatoms. The third kappa shape index (κ3) is 4.65. The molecule has 1 rings (SSSR count). The monoisotopic (exact) mass is 284 g/mol. The molecule has 0 saturated carbocycles. The number of Topliss-reactive ketones (excluding diaryl/α,β-unsaturated/α-hetero) is 1. The number of sulfonamides is 1. The van der Waals surface area contributed by atoms with Gasteiger partial charge < -0.3 is 5.32 Å². The summed E-state index contributed by atoms with van der Waals surface area (Å²) in [5.74, 6) is 0.136. The minimum atomic E-state index is -3.18. The lowest BCUT2D eigenvalue weighted by atomic mass is 10.1. The van der Waals surface area contributed by atoms with Crippen molar-refractivity contribution in [3.05, 3.63) is 29.8 Å². The fraction of sp³-hybridized carbons (Fsp3) is 0.462. The van der Waals surface area contributed by atoms with Gasteiger partial charge in [-0.3, -0.25) is 4.79 Å². The van der Waals surface area contributed by atoms with Crippen LogP contribution in [0, 0.1) is 0 Å². The van der Waals surface area contributed by atoms with Crippen molar-refractivity contribution < 1.29 is 13.2 Å². The fourth-order valence-electron chi connectivity index (χ4n) is 1.49. The van der Waals surface area contributed by atoms with E-state index in [0.29, 0.717) is 18.5 Å². The number of benzene rings is 1. The Kier molecular flexibility index (Phi) is 5.50. The third-order valence-corrected chi connectivity index (χ3v) is 4.61. The molecule has 0 bridgehead atoms. The van der Waals surface area contributed by atoms with Crippen LogP contribution in [0.25, 0.3) is 0 Å². The highest BCUT2D eigenvalue weighted by Crippen LogP contribution is 2.11. The molecular formula is C13H20N2O3S. The van der Waals surface area contributed by atoms with Crippen molar-refractivity contribution in [2.45, 2.75) is 13.3 Å². The molecular weight excluding hydrogens is 264 g/mol. The van der Waals surface area contributed by atoms with Gasteiger partial charge in [0.05, 0.1) is 5.75 Å². The summed E-state index contributed by atoms with van der Waals surface area (Å²) in [6.45, 7) is 2.15. The number of ketones is 1. The standard InChI is InChI=1S/C13H20N2O3S/c1-4-13(16)11-5-7-12(8-6-11)14-9-10-19(17,18)15(2)3/h5-8,14H,4,9-10H2,1-3H3. The van der Waals surface area contributed by atoms with Crippen molar-refractivity contribution in [3.8, 4) is 0 Å². The SMILES string of the molecule is CCC(=O)c1ccc(NCCS(=O)(=O)N(C)C)cc1. The number of hydrogen-bond acceptors (Lipinski definition) is 4. The Morgan fingerprint density at radius 2 is 1.79 bits per heavy atom. The Bertz CT molecular complexity index is 521. The molecule has 106 valence electrons. The van der Waals surface area contributed by atoms with Crippen LogP contribution in [0.5, 0.6) is 0 Å². The average molecular weight is 284 g/mol. The first kappa shape index (κ1) is 15.7. The molecule has 0 aliphatic heterocycles. The summed E-state index contributed by atoms with van der Waals surface area (Å²) in [4.78, 5) is 11.4. The molecule has 5 nitrogen and oxygen atoms in total. The van der Waals surface area contributed by atoms with Gasteiger partial charge in [0.25, 0.3) is 0 Å². The van der Waals surface area contributed by atoms with E-state index >= 15 is 0 Å². The predicted octanol–water partition coefficient (Wildman–Crippen LogP) is 1.58. The third-order valence-electron chi connectivity index (χ3n) is 2.77. The van der Waals surface area contributed by atoms with Gasteiger partial charge in [-0.1, -0.05) is 6.92 Å². The van der Waals surface area contributed by atoms with Crippen molar-refractivity contribution >= 4 is 21.5 Å². The molecule has 0 heterocycles. The molecule has 0 amide bonds. The van der Waals surface area contributed by atoms with Gasteiger partial charge in [0.1, 0.15) is 0 Å². The number of carbonyl (C=O) groups is 1. The molecule has 0 aliphatic carbocycles. The molecule has 0 aromatic heterocycles. The van der Waals surface area contributed by atoms with Crippen LogP contribution in [0.15, 0.2) is 24.3 Å². The maximum atomic E-state index is 11.5. The summed E-state index contributed by atoms with van der Waals surface area (Å²) in [6.07, 6.45) is 0.480. The van der Waals surface area contributed by atoms with Crippen molar-refractivity contribution in [1.82, 2.24) is 4.31 Å².